The summed E-state index contributed by atoms with van der Waals surface area (Å²) in [6.45, 7) is 1.76. The highest BCUT2D eigenvalue weighted by Crippen LogP contribution is 2.28. The van der Waals surface area contributed by atoms with Crippen LogP contribution in [0.3, 0.4) is 0 Å². The average molecular weight is 383 g/mol. The van der Waals surface area contributed by atoms with Gasteiger partial charge >= 0.3 is 5.56 Å². The van der Waals surface area contributed by atoms with Crippen molar-refractivity contribution < 1.29 is 5.11 Å². The van der Waals surface area contributed by atoms with Crippen LogP contribution in [-0.4, -0.2) is 19.9 Å². The summed E-state index contributed by atoms with van der Waals surface area (Å²) in [6.07, 6.45) is 0. The molecule has 0 unspecified atom stereocenters. The van der Waals surface area contributed by atoms with E-state index in [9.17, 15) is 9.90 Å². The molecule has 26 heavy (non-hydrogen) atoms. The van der Waals surface area contributed by atoms with E-state index in [0.717, 1.165) is 10.6 Å². The molecule has 0 aliphatic rings. The predicted octanol–water partition coefficient (Wildman–Crippen LogP) is 4.78. The maximum absolute atomic E-state index is 12.7. The molecule has 3 heterocycles. The highest BCUT2D eigenvalue weighted by molar-refractivity contribution is 7.15. The van der Waals surface area contributed by atoms with Crippen LogP contribution >= 0.6 is 22.7 Å². The van der Waals surface area contributed by atoms with E-state index in [0.29, 0.717) is 16.5 Å². The molecule has 0 aliphatic carbocycles. The van der Waals surface area contributed by atoms with Crippen molar-refractivity contribution in [3.63, 3.8) is 0 Å². The molecule has 3 aromatic heterocycles. The number of thiophene rings is 1. The number of hydrogen-bond acceptors (Lipinski definition) is 7. The molecule has 1 aromatic carbocycles. The van der Waals surface area contributed by atoms with Gasteiger partial charge in [0.2, 0.25) is 5.13 Å². The van der Waals surface area contributed by atoms with Gasteiger partial charge in [-0.05, 0) is 42.6 Å². The molecule has 130 valence electrons. The lowest BCUT2D eigenvalue weighted by Gasteiger charge is -1.93. The Morgan fingerprint density at radius 2 is 1.96 bits per heavy atom. The van der Waals surface area contributed by atoms with Crippen molar-refractivity contribution in [2.45, 2.75) is 6.92 Å². The maximum Gasteiger partial charge on any atom is 0.301 e. The Labute approximate surface area is 155 Å². The summed E-state index contributed by atoms with van der Waals surface area (Å²) in [7, 11) is 0. The zero-order chi connectivity index (χ0) is 18.1. The number of azo groups is 1. The van der Waals surface area contributed by atoms with Crippen LogP contribution in [0.2, 0.25) is 0 Å². The quantitative estimate of drug-likeness (QED) is 0.496. The van der Waals surface area contributed by atoms with Crippen molar-refractivity contribution in [3.05, 3.63) is 63.2 Å². The number of aryl methyl sites for hydroxylation is 1. The van der Waals surface area contributed by atoms with E-state index in [1.54, 1.807) is 30.4 Å². The maximum atomic E-state index is 12.7. The molecule has 0 atom stereocenters. The van der Waals surface area contributed by atoms with Gasteiger partial charge in [-0.25, -0.2) is 4.98 Å². The molecule has 4 rings (SSSR count). The van der Waals surface area contributed by atoms with Gasteiger partial charge in [0, 0.05) is 5.38 Å². The zero-order valence-corrected chi connectivity index (χ0v) is 15.2. The Hall–Kier alpha value is -3.04. The molecule has 4 aromatic rings. The van der Waals surface area contributed by atoms with E-state index < -0.39 is 0 Å². The Kier molecular flexibility index (Phi) is 4.23. The first-order valence-corrected chi connectivity index (χ1v) is 9.40. The lowest BCUT2D eigenvalue weighted by molar-refractivity contribution is 0.475. The number of aromatic hydroxyl groups is 1. The Balaban J connectivity index is 1.66. The number of nitrogens with one attached hydrogen (secondary N) is 1. The summed E-state index contributed by atoms with van der Waals surface area (Å²) >= 11 is 2.98. The van der Waals surface area contributed by atoms with Gasteiger partial charge in [0.05, 0.1) is 22.0 Å². The van der Waals surface area contributed by atoms with E-state index in [2.05, 4.69) is 20.3 Å². The summed E-state index contributed by atoms with van der Waals surface area (Å²) in [5.74, 6) is 0.148. The van der Waals surface area contributed by atoms with Gasteiger partial charge in [-0.1, -0.05) is 6.07 Å². The number of aromatic nitrogens is 3. The second-order valence-corrected chi connectivity index (χ2v) is 7.22. The molecule has 0 amide bonds. The number of rotatable bonds is 4. The van der Waals surface area contributed by atoms with Crippen LogP contribution in [-0.2, 0) is 0 Å². The fourth-order valence-electron chi connectivity index (χ4n) is 2.32. The second-order valence-electron chi connectivity index (χ2n) is 5.43. The number of H-pyrrole nitrogens is 1. The minimum Gasteiger partial charge on any atom is -0.508 e. The lowest BCUT2D eigenvalue weighted by Crippen LogP contribution is -2.13. The molecule has 7 nitrogen and oxygen atoms in total. The number of benzene rings is 1. The van der Waals surface area contributed by atoms with Crippen molar-refractivity contribution >= 4 is 34.0 Å². The fourth-order valence-corrected chi connectivity index (χ4v) is 3.86. The fraction of sp³-hybridized carbons (Fsp3) is 0.0588. The van der Waals surface area contributed by atoms with Crippen LogP contribution in [0.25, 0.3) is 15.7 Å². The first-order valence-electron chi connectivity index (χ1n) is 7.64. The number of nitrogens with zero attached hydrogens (tertiary/aromatic N) is 4. The Bertz CT molecular complexity index is 1120. The van der Waals surface area contributed by atoms with Crippen LogP contribution in [0, 0.1) is 6.92 Å². The molecular formula is C17H13N5O2S2. The highest BCUT2D eigenvalue weighted by atomic mass is 32.1. The third-order valence-electron chi connectivity index (χ3n) is 3.61. The van der Waals surface area contributed by atoms with Crippen molar-refractivity contribution in [2.75, 3.05) is 0 Å². The van der Waals surface area contributed by atoms with E-state index >= 15 is 0 Å². The van der Waals surface area contributed by atoms with E-state index in [-0.39, 0.29) is 17.0 Å². The SMILES string of the molecule is Cc1[nH]n(-c2nc(-c3cccs3)cs2)c(=O)c1N=Nc1ccc(O)cc1. The Morgan fingerprint density at radius 1 is 1.15 bits per heavy atom. The molecule has 0 radical (unpaired) electrons. The normalized spacial score (nSPS) is 11.4. The molecule has 0 bridgehead atoms. The van der Waals surface area contributed by atoms with E-state index in [1.165, 1.54) is 28.2 Å². The van der Waals surface area contributed by atoms with Crippen molar-refractivity contribution in [1.82, 2.24) is 14.8 Å². The van der Waals surface area contributed by atoms with Gasteiger partial charge in [-0.3, -0.25) is 9.89 Å². The minimum absolute atomic E-state index is 0.148. The predicted molar refractivity (Wildman–Crippen MR) is 102 cm³/mol. The van der Waals surface area contributed by atoms with Crippen molar-refractivity contribution in [1.29, 1.82) is 0 Å². The largest absolute Gasteiger partial charge is 0.508 e. The van der Waals surface area contributed by atoms with Crippen LogP contribution in [0.1, 0.15) is 5.69 Å². The molecule has 0 saturated heterocycles. The van der Waals surface area contributed by atoms with Crippen molar-refractivity contribution in [2.24, 2.45) is 10.2 Å². The molecular weight excluding hydrogens is 370 g/mol. The standard InChI is InChI=1S/C17H13N5O2S2/c1-10-15(20-19-11-4-6-12(23)7-5-11)16(24)22(21-10)17-18-13(9-26-17)14-3-2-8-25-14/h2-9,21,23H,1H3. The molecule has 0 spiro atoms. The van der Waals surface area contributed by atoms with E-state index in [1.807, 2.05) is 22.9 Å². The Morgan fingerprint density at radius 3 is 2.69 bits per heavy atom. The number of phenols is 1. The minimum atomic E-state index is -0.308. The molecule has 9 heteroatoms. The number of phenolic OH excluding ortho intramolecular Hbond substituents is 1. The van der Waals surface area contributed by atoms with Gasteiger partial charge in [0.15, 0.2) is 5.69 Å². The first-order chi connectivity index (χ1) is 12.6. The molecule has 2 N–H and O–H groups in total. The van der Waals surface area contributed by atoms with Crippen LogP contribution < -0.4 is 5.56 Å². The summed E-state index contributed by atoms with van der Waals surface area (Å²) in [6, 6.07) is 10.2. The number of aromatic amines is 1. The molecule has 0 fully saturated rings. The number of thiazole rings is 1. The van der Waals surface area contributed by atoms with Gasteiger partial charge in [0.25, 0.3) is 0 Å². The smallest absolute Gasteiger partial charge is 0.301 e. The highest BCUT2D eigenvalue weighted by Gasteiger charge is 2.15. The van der Waals surface area contributed by atoms with Crippen LogP contribution in [0.15, 0.2) is 62.2 Å². The third-order valence-corrected chi connectivity index (χ3v) is 5.33. The summed E-state index contributed by atoms with van der Waals surface area (Å²) in [4.78, 5) is 18.2. The summed E-state index contributed by atoms with van der Waals surface area (Å²) < 4.78 is 1.38. The third kappa shape index (κ3) is 3.09. The topological polar surface area (TPSA) is 95.6 Å². The second kappa shape index (κ2) is 6.70. The molecule has 0 saturated carbocycles. The monoisotopic (exact) mass is 383 g/mol. The first kappa shape index (κ1) is 16.4. The zero-order valence-electron chi connectivity index (χ0n) is 13.6. The molecule has 0 aliphatic heterocycles. The van der Waals surface area contributed by atoms with Crippen LogP contribution in [0.4, 0.5) is 11.4 Å². The summed E-state index contributed by atoms with van der Waals surface area (Å²) in [5.41, 5.74) is 1.91. The van der Waals surface area contributed by atoms with Crippen LogP contribution in [0.5, 0.6) is 5.75 Å². The number of hydrogen-bond donors (Lipinski definition) is 2. The van der Waals surface area contributed by atoms with Gasteiger partial charge < -0.3 is 5.11 Å². The summed E-state index contributed by atoms with van der Waals surface area (Å²) in [5, 5.41) is 24.9. The van der Waals surface area contributed by atoms with Gasteiger partial charge in [-0.2, -0.15) is 9.80 Å². The van der Waals surface area contributed by atoms with Gasteiger partial charge in [-0.15, -0.1) is 27.8 Å². The van der Waals surface area contributed by atoms with Gasteiger partial charge in [0.1, 0.15) is 5.75 Å². The van der Waals surface area contributed by atoms with E-state index in [4.69, 9.17) is 0 Å². The lowest BCUT2D eigenvalue weighted by atomic mass is 10.3. The van der Waals surface area contributed by atoms with Crippen molar-refractivity contribution in [3.8, 4) is 21.5 Å². The average Bonchev–Trinajstić information content (AvgIpc) is 3.36.